The highest BCUT2D eigenvalue weighted by molar-refractivity contribution is 5.94. The van der Waals surface area contributed by atoms with Gasteiger partial charge in [-0.25, -0.2) is 8.78 Å². The molecule has 5 rings (SSSR count). The molecule has 1 aromatic heterocycles. The van der Waals surface area contributed by atoms with Crippen molar-refractivity contribution in [2.24, 2.45) is 0 Å². The Hall–Kier alpha value is -4.00. The van der Waals surface area contributed by atoms with Crippen LogP contribution in [0.3, 0.4) is 0 Å². The third-order valence-corrected chi connectivity index (χ3v) is 6.72. The molecule has 5 nitrogen and oxygen atoms in total. The lowest BCUT2D eigenvalue weighted by molar-refractivity contribution is 0.0592. The normalized spacial score (nSPS) is 14.3. The summed E-state index contributed by atoms with van der Waals surface area (Å²) >= 11 is 0. The highest BCUT2D eigenvalue weighted by Gasteiger charge is 2.28. The number of H-pyrrole nitrogens is 1. The molecule has 7 heteroatoms. The highest BCUT2D eigenvalue weighted by Crippen LogP contribution is 2.29. The minimum Gasteiger partial charge on any atom is -0.363 e. The van der Waals surface area contributed by atoms with E-state index < -0.39 is 5.82 Å². The number of hydrogen-bond donors (Lipinski definition) is 2. The van der Waals surface area contributed by atoms with Gasteiger partial charge in [0.1, 0.15) is 11.6 Å². The summed E-state index contributed by atoms with van der Waals surface area (Å²) in [5, 5.41) is 8.50. The number of rotatable bonds is 6. The Balaban J connectivity index is 1.46. The van der Waals surface area contributed by atoms with Crippen molar-refractivity contribution in [3.05, 3.63) is 95.7 Å². The van der Waals surface area contributed by atoms with Gasteiger partial charge in [-0.2, -0.15) is 0 Å². The van der Waals surface area contributed by atoms with Gasteiger partial charge in [0, 0.05) is 48.5 Å². The number of halogens is 2. The number of aromatic amines is 1. The van der Waals surface area contributed by atoms with Gasteiger partial charge in [-0.1, -0.05) is 12.1 Å². The fourth-order valence-electron chi connectivity index (χ4n) is 4.76. The van der Waals surface area contributed by atoms with E-state index in [0.29, 0.717) is 30.8 Å². The molecule has 0 bridgehead atoms. The molecule has 1 fully saturated rings. The average molecular weight is 473 g/mol. The van der Waals surface area contributed by atoms with Crippen molar-refractivity contribution in [2.45, 2.75) is 25.4 Å². The number of fused-ring (bicyclic) bond motifs is 1. The van der Waals surface area contributed by atoms with Crippen LogP contribution in [0.1, 0.15) is 28.8 Å². The van der Waals surface area contributed by atoms with E-state index in [1.165, 1.54) is 36.7 Å². The van der Waals surface area contributed by atoms with Crippen LogP contribution in [-0.2, 0) is 6.54 Å². The van der Waals surface area contributed by atoms with Crippen LogP contribution in [0.15, 0.2) is 72.9 Å². The smallest absolute Gasteiger partial charge is 0.254 e. The molecule has 0 aliphatic carbocycles. The second-order valence-corrected chi connectivity index (χ2v) is 8.93. The molecular formula is C28H26F2N4O. The Morgan fingerprint density at radius 1 is 1.03 bits per heavy atom. The van der Waals surface area contributed by atoms with Crippen molar-refractivity contribution in [3.8, 4) is 11.1 Å². The number of carbonyl (C=O) groups excluding carboxylic acids is 1. The molecule has 0 atom stereocenters. The molecule has 2 heterocycles. The van der Waals surface area contributed by atoms with E-state index in [2.05, 4.69) is 4.98 Å². The second kappa shape index (κ2) is 9.70. The number of nitrogens with one attached hydrogen (secondary N) is 2. The van der Waals surface area contributed by atoms with Crippen molar-refractivity contribution in [2.75, 3.05) is 13.1 Å². The van der Waals surface area contributed by atoms with Crippen LogP contribution in [-0.4, -0.2) is 46.2 Å². The van der Waals surface area contributed by atoms with Crippen LogP contribution in [0, 0.1) is 17.0 Å². The molecule has 0 spiro atoms. The zero-order valence-corrected chi connectivity index (χ0v) is 19.2. The molecule has 1 aliphatic rings. The number of likely N-dealkylation sites (tertiary alicyclic amines) is 1. The van der Waals surface area contributed by atoms with E-state index in [-0.39, 0.29) is 17.8 Å². The first-order valence-corrected chi connectivity index (χ1v) is 11.7. The van der Waals surface area contributed by atoms with Gasteiger partial charge in [0.2, 0.25) is 0 Å². The second-order valence-electron chi connectivity index (χ2n) is 8.93. The van der Waals surface area contributed by atoms with Crippen LogP contribution in [0.2, 0.25) is 0 Å². The molecule has 35 heavy (non-hydrogen) atoms. The van der Waals surface area contributed by atoms with E-state index in [1.807, 2.05) is 35.4 Å². The molecule has 3 aromatic carbocycles. The molecule has 0 unspecified atom stereocenters. The third kappa shape index (κ3) is 4.80. The molecule has 0 saturated carbocycles. The summed E-state index contributed by atoms with van der Waals surface area (Å²) < 4.78 is 28.3. The minimum atomic E-state index is -0.394. The summed E-state index contributed by atoms with van der Waals surface area (Å²) in [4.78, 5) is 20.4. The summed E-state index contributed by atoms with van der Waals surface area (Å²) in [6.07, 6.45) is 4.63. The number of aromatic nitrogens is 1. The average Bonchev–Trinajstić information content (AvgIpc) is 3.36. The van der Waals surface area contributed by atoms with Gasteiger partial charge in [-0.3, -0.25) is 10.2 Å². The standard InChI is InChI=1S/C28H26F2N4O/c29-23-5-2-20(3-6-23)28(35)34(24-10-13-33(18-31)14-11-24)17-19-1-7-26(30)25(15-19)21-4-8-27-22(16-21)9-12-32-27/h1-9,12,15-16,18,24,31-32H,10-11,13-14,17H2. The molecule has 1 aliphatic heterocycles. The van der Waals surface area contributed by atoms with Crippen LogP contribution in [0.4, 0.5) is 8.78 Å². The summed E-state index contributed by atoms with van der Waals surface area (Å²) in [6.45, 7) is 1.69. The first-order chi connectivity index (χ1) is 17.0. The van der Waals surface area contributed by atoms with Gasteiger partial charge in [0.15, 0.2) is 0 Å². The largest absolute Gasteiger partial charge is 0.363 e. The van der Waals surface area contributed by atoms with Gasteiger partial charge in [0.25, 0.3) is 5.91 Å². The topological polar surface area (TPSA) is 63.2 Å². The van der Waals surface area contributed by atoms with Gasteiger partial charge >= 0.3 is 0 Å². The Morgan fingerprint density at radius 3 is 2.54 bits per heavy atom. The minimum absolute atomic E-state index is 0.0338. The predicted molar refractivity (Wildman–Crippen MR) is 133 cm³/mol. The highest BCUT2D eigenvalue weighted by atomic mass is 19.1. The Kier molecular flexibility index (Phi) is 6.31. The van der Waals surface area contributed by atoms with Crippen molar-refractivity contribution < 1.29 is 13.6 Å². The SMILES string of the molecule is N=CN1CCC(N(Cc2ccc(F)c(-c3ccc4[nH]ccc4c3)c2)C(=O)c2ccc(F)cc2)CC1. The quantitative estimate of drug-likeness (QED) is 0.274. The van der Waals surface area contributed by atoms with Crippen LogP contribution in [0.25, 0.3) is 22.0 Å². The lowest BCUT2D eigenvalue weighted by Crippen LogP contribution is -2.46. The molecule has 178 valence electrons. The zero-order valence-electron chi connectivity index (χ0n) is 19.2. The van der Waals surface area contributed by atoms with Gasteiger partial charge < -0.3 is 14.8 Å². The Morgan fingerprint density at radius 2 is 1.80 bits per heavy atom. The predicted octanol–water partition coefficient (Wildman–Crippen LogP) is 5.83. The summed E-state index contributed by atoms with van der Waals surface area (Å²) in [5.74, 6) is -0.896. The third-order valence-electron chi connectivity index (χ3n) is 6.72. The number of amides is 1. The number of nitrogens with zero attached hydrogens (tertiary/aromatic N) is 2. The zero-order chi connectivity index (χ0) is 24.4. The van der Waals surface area contributed by atoms with Crippen molar-refractivity contribution in [1.29, 1.82) is 5.41 Å². The molecule has 2 N–H and O–H groups in total. The van der Waals surface area contributed by atoms with Gasteiger partial charge in [-0.05, 0) is 84.0 Å². The molecule has 4 aromatic rings. The van der Waals surface area contributed by atoms with Crippen molar-refractivity contribution >= 4 is 23.1 Å². The summed E-state index contributed by atoms with van der Waals surface area (Å²) in [6, 6.07) is 18.2. The monoisotopic (exact) mass is 472 g/mol. The van der Waals surface area contributed by atoms with Crippen LogP contribution < -0.4 is 0 Å². The number of piperidine rings is 1. The van der Waals surface area contributed by atoms with E-state index >= 15 is 0 Å². The van der Waals surface area contributed by atoms with Crippen LogP contribution >= 0.6 is 0 Å². The maximum atomic E-state index is 14.9. The number of hydrogen-bond acceptors (Lipinski definition) is 2. The van der Waals surface area contributed by atoms with Crippen molar-refractivity contribution in [1.82, 2.24) is 14.8 Å². The lowest BCUT2D eigenvalue weighted by Gasteiger charge is -2.38. The summed E-state index contributed by atoms with van der Waals surface area (Å²) in [5.41, 5.74) is 3.48. The van der Waals surface area contributed by atoms with Gasteiger partial charge in [-0.15, -0.1) is 0 Å². The van der Waals surface area contributed by atoms with Gasteiger partial charge in [0.05, 0.1) is 6.34 Å². The van der Waals surface area contributed by atoms with E-state index in [1.54, 1.807) is 17.0 Å². The first kappa shape index (κ1) is 22.8. The first-order valence-electron chi connectivity index (χ1n) is 11.7. The number of carbonyl (C=O) groups is 1. The fraction of sp³-hybridized carbons (Fsp3) is 0.214. The maximum Gasteiger partial charge on any atom is 0.254 e. The Bertz CT molecular complexity index is 1360. The molecule has 1 amide bonds. The molecule has 0 radical (unpaired) electrons. The molecule has 1 saturated heterocycles. The van der Waals surface area contributed by atoms with E-state index in [0.717, 1.165) is 34.9 Å². The fourth-order valence-corrected chi connectivity index (χ4v) is 4.76. The van der Waals surface area contributed by atoms with E-state index in [9.17, 15) is 13.6 Å². The lowest BCUT2D eigenvalue weighted by atomic mass is 9.98. The van der Waals surface area contributed by atoms with Crippen LogP contribution in [0.5, 0.6) is 0 Å². The molecular weight excluding hydrogens is 446 g/mol. The van der Waals surface area contributed by atoms with E-state index in [4.69, 9.17) is 5.41 Å². The Labute approximate surface area is 202 Å². The van der Waals surface area contributed by atoms with Crippen molar-refractivity contribution in [3.63, 3.8) is 0 Å². The number of benzene rings is 3. The summed E-state index contributed by atoms with van der Waals surface area (Å²) in [7, 11) is 0. The maximum absolute atomic E-state index is 14.9.